The largest absolute Gasteiger partial charge is 0.380 e. The molecule has 19 heavy (non-hydrogen) atoms. The van der Waals surface area contributed by atoms with Crippen LogP contribution < -0.4 is 0 Å². The zero-order valence-electron chi connectivity index (χ0n) is 11.1. The molecule has 0 spiro atoms. The highest BCUT2D eigenvalue weighted by atomic mass is 35.5. The Labute approximate surface area is 117 Å². The molecule has 1 atom stereocenters. The molecule has 5 heteroatoms. The van der Waals surface area contributed by atoms with Crippen LogP contribution in [0.3, 0.4) is 0 Å². The highest BCUT2D eigenvalue weighted by Gasteiger charge is 2.15. The summed E-state index contributed by atoms with van der Waals surface area (Å²) < 4.78 is 7.52. The van der Waals surface area contributed by atoms with Crippen LogP contribution >= 0.6 is 11.6 Å². The van der Waals surface area contributed by atoms with Crippen LogP contribution in [0.5, 0.6) is 0 Å². The zero-order chi connectivity index (χ0) is 13.8. The molecule has 1 unspecified atom stereocenters. The van der Waals surface area contributed by atoms with E-state index in [-0.39, 0.29) is 6.04 Å². The summed E-state index contributed by atoms with van der Waals surface area (Å²) in [6.45, 7) is 5.31. The summed E-state index contributed by atoms with van der Waals surface area (Å²) in [5, 5.41) is 9.00. The predicted octanol–water partition coefficient (Wildman–Crippen LogP) is 3.24. The molecule has 100 valence electrons. The topological polar surface area (TPSA) is 50.8 Å². The summed E-state index contributed by atoms with van der Waals surface area (Å²) in [5.74, 6) is 1.14. The Hall–Kier alpha value is -1.57. The fourth-order valence-electron chi connectivity index (χ4n) is 2.16. The molecule has 0 bridgehead atoms. The Kier molecular flexibility index (Phi) is 4.41. The number of fused-ring (bicyclic) bond motifs is 1. The van der Waals surface area contributed by atoms with Crippen molar-refractivity contribution in [2.24, 2.45) is 0 Å². The van der Waals surface area contributed by atoms with Crippen molar-refractivity contribution >= 4 is 22.6 Å². The fraction of sp³-hybridized carbons (Fsp3) is 0.429. The Morgan fingerprint density at radius 1 is 1.53 bits per heavy atom. The first-order valence-corrected chi connectivity index (χ1v) is 6.79. The van der Waals surface area contributed by atoms with Gasteiger partial charge in [0.25, 0.3) is 0 Å². The molecule has 0 aliphatic rings. The number of alkyl halides is 1. The van der Waals surface area contributed by atoms with Gasteiger partial charge in [0.1, 0.15) is 5.82 Å². The van der Waals surface area contributed by atoms with Gasteiger partial charge < -0.3 is 9.30 Å². The number of ether oxygens (including phenoxy) is 1. The summed E-state index contributed by atoms with van der Waals surface area (Å²) in [6, 6.07) is 7.75. The van der Waals surface area contributed by atoms with Gasteiger partial charge in [-0.05, 0) is 32.0 Å². The molecule has 0 saturated carbocycles. The lowest BCUT2D eigenvalue weighted by Crippen LogP contribution is -2.14. The molecule has 0 aliphatic heterocycles. The highest BCUT2D eigenvalue weighted by molar-refractivity contribution is 6.16. The molecular weight excluding hydrogens is 262 g/mol. The molecule has 0 aliphatic carbocycles. The number of aromatic nitrogens is 2. The predicted molar refractivity (Wildman–Crippen MR) is 75.2 cm³/mol. The van der Waals surface area contributed by atoms with Crippen molar-refractivity contribution in [1.82, 2.24) is 9.55 Å². The third-order valence-electron chi connectivity index (χ3n) is 3.02. The minimum Gasteiger partial charge on any atom is -0.380 e. The fourth-order valence-corrected chi connectivity index (χ4v) is 2.35. The molecule has 2 aromatic rings. The van der Waals surface area contributed by atoms with Crippen LogP contribution in [-0.2, 0) is 10.6 Å². The Morgan fingerprint density at radius 3 is 2.95 bits per heavy atom. The summed E-state index contributed by atoms with van der Waals surface area (Å²) in [5.41, 5.74) is 2.42. The van der Waals surface area contributed by atoms with Crippen molar-refractivity contribution in [2.45, 2.75) is 25.8 Å². The molecule has 1 heterocycles. The second-order valence-corrected chi connectivity index (χ2v) is 4.62. The van der Waals surface area contributed by atoms with E-state index < -0.39 is 0 Å². The maximum absolute atomic E-state index is 9.00. The van der Waals surface area contributed by atoms with Gasteiger partial charge in [-0.25, -0.2) is 4.98 Å². The van der Waals surface area contributed by atoms with Gasteiger partial charge >= 0.3 is 0 Å². The van der Waals surface area contributed by atoms with E-state index in [0.29, 0.717) is 24.7 Å². The summed E-state index contributed by atoms with van der Waals surface area (Å²) >= 11 is 5.97. The molecule has 0 amide bonds. The van der Waals surface area contributed by atoms with Crippen molar-refractivity contribution in [1.29, 1.82) is 5.26 Å². The first-order valence-electron chi connectivity index (χ1n) is 6.26. The third-order valence-corrected chi connectivity index (χ3v) is 3.25. The molecule has 1 aromatic heterocycles. The van der Waals surface area contributed by atoms with Crippen LogP contribution in [0.1, 0.15) is 31.3 Å². The Morgan fingerprint density at radius 2 is 2.32 bits per heavy atom. The van der Waals surface area contributed by atoms with E-state index in [2.05, 4.69) is 22.5 Å². The average molecular weight is 278 g/mol. The number of nitriles is 1. The zero-order valence-corrected chi connectivity index (χ0v) is 11.8. The molecule has 2 rings (SSSR count). The second kappa shape index (κ2) is 6.05. The monoisotopic (exact) mass is 277 g/mol. The lowest BCUT2D eigenvalue weighted by atomic mass is 10.2. The molecule has 0 radical (unpaired) electrons. The smallest absolute Gasteiger partial charge is 0.125 e. The maximum Gasteiger partial charge on any atom is 0.125 e. The number of imidazole rings is 1. The number of hydrogen-bond donors (Lipinski definition) is 0. The standard InChI is InChI=1S/C14H16ClN3O/c1-3-19-9-10(2)18-13-6-11(8-16)4-5-12(13)17-14(18)7-15/h4-6,10H,3,7,9H2,1-2H3. The molecule has 0 saturated heterocycles. The van der Waals surface area contributed by atoms with E-state index in [4.69, 9.17) is 21.6 Å². The van der Waals surface area contributed by atoms with Crippen molar-refractivity contribution < 1.29 is 4.74 Å². The van der Waals surface area contributed by atoms with E-state index >= 15 is 0 Å². The number of halogens is 1. The Bertz CT molecular complexity index is 615. The molecule has 0 fully saturated rings. The van der Waals surface area contributed by atoms with Gasteiger partial charge in [0.2, 0.25) is 0 Å². The van der Waals surface area contributed by atoms with E-state index in [1.165, 1.54) is 0 Å². The second-order valence-electron chi connectivity index (χ2n) is 4.36. The van der Waals surface area contributed by atoms with E-state index in [0.717, 1.165) is 16.9 Å². The molecule has 1 aromatic carbocycles. The van der Waals surface area contributed by atoms with Crippen molar-refractivity contribution in [3.05, 3.63) is 29.6 Å². The van der Waals surface area contributed by atoms with Crippen LogP contribution in [0.4, 0.5) is 0 Å². The minimum atomic E-state index is 0.132. The van der Waals surface area contributed by atoms with Crippen LogP contribution in [0, 0.1) is 11.3 Å². The lowest BCUT2D eigenvalue weighted by Gasteiger charge is -2.16. The average Bonchev–Trinajstić information content (AvgIpc) is 2.82. The number of hydrogen-bond acceptors (Lipinski definition) is 3. The Balaban J connectivity index is 2.52. The van der Waals surface area contributed by atoms with Gasteiger partial charge in [0.15, 0.2) is 0 Å². The van der Waals surface area contributed by atoms with Crippen molar-refractivity contribution in [2.75, 3.05) is 13.2 Å². The SMILES string of the molecule is CCOCC(C)n1c(CCl)nc2ccc(C#N)cc21. The van der Waals surface area contributed by atoms with Crippen LogP contribution in [-0.4, -0.2) is 22.8 Å². The lowest BCUT2D eigenvalue weighted by molar-refractivity contribution is 0.119. The van der Waals surface area contributed by atoms with E-state index in [1.54, 1.807) is 6.07 Å². The summed E-state index contributed by atoms with van der Waals surface area (Å²) in [6.07, 6.45) is 0. The van der Waals surface area contributed by atoms with Crippen LogP contribution in [0.25, 0.3) is 11.0 Å². The first-order chi connectivity index (χ1) is 9.21. The van der Waals surface area contributed by atoms with Crippen molar-refractivity contribution in [3.8, 4) is 6.07 Å². The normalized spacial score (nSPS) is 12.5. The summed E-state index contributed by atoms with van der Waals surface area (Å²) in [7, 11) is 0. The minimum absolute atomic E-state index is 0.132. The van der Waals surface area contributed by atoms with Gasteiger partial charge in [-0.2, -0.15) is 5.26 Å². The van der Waals surface area contributed by atoms with Crippen molar-refractivity contribution in [3.63, 3.8) is 0 Å². The quantitative estimate of drug-likeness (QED) is 0.788. The van der Waals surface area contributed by atoms with Crippen LogP contribution in [0.2, 0.25) is 0 Å². The number of rotatable bonds is 5. The van der Waals surface area contributed by atoms with E-state index in [9.17, 15) is 0 Å². The van der Waals surface area contributed by atoms with Gasteiger partial charge in [-0.3, -0.25) is 0 Å². The number of benzene rings is 1. The van der Waals surface area contributed by atoms with Gasteiger partial charge in [-0.15, -0.1) is 11.6 Å². The first kappa shape index (κ1) is 13.9. The van der Waals surface area contributed by atoms with Gasteiger partial charge in [-0.1, -0.05) is 0 Å². The van der Waals surface area contributed by atoms with Gasteiger partial charge in [0.05, 0.1) is 41.2 Å². The van der Waals surface area contributed by atoms with E-state index in [1.807, 2.05) is 19.1 Å². The third kappa shape index (κ3) is 2.73. The molecular formula is C14H16ClN3O. The maximum atomic E-state index is 9.00. The van der Waals surface area contributed by atoms with Crippen LogP contribution in [0.15, 0.2) is 18.2 Å². The van der Waals surface area contributed by atoms with Gasteiger partial charge in [0, 0.05) is 6.61 Å². The highest BCUT2D eigenvalue weighted by Crippen LogP contribution is 2.23. The summed E-state index contributed by atoms with van der Waals surface area (Å²) in [4.78, 5) is 4.50. The molecule has 4 nitrogen and oxygen atoms in total. The number of nitrogens with zero attached hydrogens (tertiary/aromatic N) is 3. The molecule has 0 N–H and O–H groups in total.